The van der Waals surface area contributed by atoms with Crippen LogP contribution in [0.4, 0.5) is 5.82 Å². The molecule has 0 aliphatic carbocycles. The molecule has 3 aromatic rings. The molecule has 4 rings (SSSR count). The minimum atomic E-state index is 0.466. The summed E-state index contributed by atoms with van der Waals surface area (Å²) in [6.07, 6.45) is 3.61. The van der Waals surface area contributed by atoms with Crippen LogP contribution in [0, 0.1) is 0 Å². The first-order chi connectivity index (χ1) is 10.4. The monoisotopic (exact) mass is 278 g/mol. The van der Waals surface area contributed by atoms with Crippen molar-refractivity contribution in [3.05, 3.63) is 53.6 Å². The van der Waals surface area contributed by atoms with Gasteiger partial charge in [-0.3, -0.25) is 0 Å². The zero-order valence-electron chi connectivity index (χ0n) is 11.5. The molecule has 2 aromatic carbocycles. The number of aromatic nitrogens is 1. The summed E-state index contributed by atoms with van der Waals surface area (Å²) in [6, 6.07) is 14.5. The Morgan fingerprint density at radius 1 is 1.00 bits per heavy atom. The zero-order valence-corrected chi connectivity index (χ0v) is 11.5. The van der Waals surface area contributed by atoms with Crippen LogP contribution in [-0.4, -0.2) is 18.0 Å². The first kappa shape index (κ1) is 12.1. The maximum atomic E-state index is 5.85. The van der Waals surface area contributed by atoms with Crippen LogP contribution < -0.4 is 4.74 Å². The van der Waals surface area contributed by atoms with E-state index in [0.717, 1.165) is 29.6 Å². The second kappa shape index (κ2) is 5.05. The predicted molar refractivity (Wildman–Crippen MR) is 81.5 cm³/mol. The zero-order chi connectivity index (χ0) is 14.1. The largest absolute Gasteiger partial charge is 0.487 e. The van der Waals surface area contributed by atoms with E-state index in [0.29, 0.717) is 12.4 Å². The Balaban J connectivity index is 1.71. The highest BCUT2D eigenvalue weighted by atomic mass is 16.5. The molecule has 2 heterocycles. The summed E-state index contributed by atoms with van der Waals surface area (Å²) in [5.74, 6) is 1.47. The van der Waals surface area contributed by atoms with Crippen LogP contribution in [-0.2, 0) is 12.8 Å². The lowest BCUT2D eigenvalue weighted by Crippen LogP contribution is -2.01. The highest BCUT2D eigenvalue weighted by Crippen LogP contribution is 2.38. The molecule has 0 bridgehead atoms. The SMILES string of the molecule is C1=Nc2noc3ccc(CCc4ccccc4)c(c23)OC1. The molecule has 0 N–H and O–H groups in total. The fourth-order valence-electron chi connectivity index (χ4n) is 2.65. The maximum Gasteiger partial charge on any atom is 0.206 e. The van der Waals surface area contributed by atoms with E-state index in [1.807, 2.05) is 12.1 Å². The van der Waals surface area contributed by atoms with E-state index < -0.39 is 0 Å². The van der Waals surface area contributed by atoms with Gasteiger partial charge in [0.25, 0.3) is 0 Å². The first-order valence-electron chi connectivity index (χ1n) is 7.02. The van der Waals surface area contributed by atoms with Gasteiger partial charge in [-0.1, -0.05) is 41.6 Å². The number of aryl methyl sites for hydroxylation is 2. The lowest BCUT2D eigenvalue weighted by atomic mass is 10.0. The van der Waals surface area contributed by atoms with E-state index >= 15 is 0 Å². The van der Waals surface area contributed by atoms with Gasteiger partial charge in [0.15, 0.2) is 5.58 Å². The smallest absolute Gasteiger partial charge is 0.206 e. The van der Waals surface area contributed by atoms with Gasteiger partial charge in [0.1, 0.15) is 17.7 Å². The number of hydrogen-bond acceptors (Lipinski definition) is 4. The van der Waals surface area contributed by atoms with Crippen LogP contribution in [0.1, 0.15) is 11.1 Å². The van der Waals surface area contributed by atoms with Crippen LogP contribution in [0.15, 0.2) is 52.0 Å². The fraction of sp³-hybridized carbons (Fsp3) is 0.176. The van der Waals surface area contributed by atoms with E-state index in [-0.39, 0.29) is 0 Å². The average molecular weight is 278 g/mol. The van der Waals surface area contributed by atoms with Gasteiger partial charge in [-0.15, -0.1) is 0 Å². The molecule has 4 nitrogen and oxygen atoms in total. The Morgan fingerprint density at radius 2 is 1.90 bits per heavy atom. The molecule has 1 aliphatic rings. The van der Waals surface area contributed by atoms with E-state index in [4.69, 9.17) is 9.26 Å². The molecule has 1 aromatic heterocycles. The average Bonchev–Trinajstić information content (AvgIpc) is 2.82. The number of ether oxygens (including phenoxy) is 1. The Hall–Kier alpha value is -2.62. The number of aliphatic imine (C=N–C) groups is 1. The highest BCUT2D eigenvalue weighted by molar-refractivity contribution is 5.95. The summed E-state index contributed by atoms with van der Waals surface area (Å²) in [7, 11) is 0. The van der Waals surface area contributed by atoms with Crippen LogP contribution in [0.2, 0.25) is 0 Å². The molecule has 0 saturated carbocycles. The van der Waals surface area contributed by atoms with Crippen molar-refractivity contribution in [1.29, 1.82) is 0 Å². The first-order valence-corrected chi connectivity index (χ1v) is 7.02. The van der Waals surface area contributed by atoms with Gasteiger partial charge in [0, 0.05) is 6.21 Å². The second-order valence-electron chi connectivity index (χ2n) is 5.04. The van der Waals surface area contributed by atoms with Crippen molar-refractivity contribution >= 4 is 23.0 Å². The Kier molecular flexibility index (Phi) is 2.92. The van der Waals surface area contributed by atoms with Gasteiger partial charge in [-0.05, 0) is 30.0 Å². The molecule has 0 fully saturated rings. The molecule has 104 valence electrons. The minimum Gasteiger partial charge on any atom is -0.487 e. The molecule has 1 aliphatic heterocycles. The third kappa shape index (κ3) is 2.18. The quantitative estimate of drug-likeness (QED) is 0.733. The van der Waals surface area contributed by atoms with Gasteiger partial charge < -0.3 is 9.26 Å². The maximum absolute atomic E-state index is 5.85. The normalized spacial score (nSPS) is 13.1. The third-order valence-electron chi connectivity index (χ3n) is 3.70. The van der Waals surface area contributed by atoms with Crippen molar-refractivity contribution in [3.8, 4) is 5.75 Å². The van der Waals surface area contributed by atoms with Gasteiger partial charge in [-0.25, -0.2) is 4.99 Å². The van der Waals surface area contributed by atoms with Crippen molar-refractivity contribution in [2.75, 3.05) is 6.61 Å². The molecule has 0 saturated heterocycles. The Morgan fingerprint density at radius 3 is 2.81 bits per heavy atom. The van der Waals surface area contributed by atoms with Crippen molar-refractivity contribution < 1.29 is 9.26 Å². The van der Waals surface area contributed by atoms with E-state index in [1.165, 1.54) is 11.1 Å². The lowest BCUT2D eigenvalue weighted by molar-refractivity contribution is 0.381. The van der Waals surface area contributed by atoms with Crippen LogP contribution >= 0.6 is 0 Å². The van der Waals surface area contributed by atoms with Crippen molar-refractivity contribution in [1.82, 2.24) is 5.16 Å². The predicted octanol–water partition coefficient (Wildman–Crippen LogP) is 3.71. The van der Waals surface area contributed by atoms with E-state index in [9.17, 15) is 0 Å². The van der Waals surface area contributed by atoms with E-state index in [2.05, 4.69) is 40.5 Å². The molecule has 0 radical (unpaired) electrons. The number of rotatable bonds is 3. The van der Waals surface area contributed by atoms with Gasteiger partial charge in [0.2, 0.25) is 5.82 Å². The molecule has 21 heavy (non-hydrogen) atoms. The highest BCUT2D eigenvalue weighted by Gasteiger charge is 2.18. The Labute approximate surface area is 122 Å². The Bertz CT molecular complexity index is 806. The van der Waals surface area contributed by atoms with Gasteiger partial charge in [0.05, 0.1) is 0 Å². The van der Waals surface area contributed by atoms with E-state index in [1.54, 1.807) is 6.21 Å². The van der Waals surface area contributed by atoms with Crippen LogP contribution in [0.25, 0.3) is 11.0 Å². The minimum absolute atomic E-state index is 0.466. The molecule has 0 amide bonds. The van der Waals surface area contributed by atoms with Crippen LogP contribution in [0.5, 0.6) is 5.75 Å². The number of nitrogens with zero attached hydrogens (tertiary/aromatic N) is 2. The summed E-state index contributed by atoms with van der Waals surface area (Å²) in [6.45, 7) is 0.466. The molecular formula is C17H14N2O2. The molecule has 0 unspecified atom stereocenters. The van der Waals surface area contributed by atoms with Crippen LogP contribution in [0.3, 0.4) is 0 Å². The van der Waals surface area contributed by atoms with Gasteiger partial charge >= 0.3 is 0 Å². The van der Waals surface area contributed by atoms with Crippen molar-refractivity contribution in [2.45, 2.75) is 12.8 Å². The lowest BCUT2D eigenvalue weighted by Gasteiger charge is -2.10. The molecule has 0 atom stereocenters. The summed E-state index contributed by atoms with van der Waals surface area (Å²) < 4.78 is 11.1. The van der Waals surface area contributed by atoms with Crippen molar-refractivity contribution in [3.63, 3.8) is 0 Å². The summed E-state index contributed by atoms with van der Waals surface area (Å²) in [4.78, 5) is 4.27. The standard InChI is InChI=1S/C17H14N2O2/c1-2-4-12(5-3-1)6-7-13-8-9-14-15-16(13)20-11-10-18-17(15)19-21-14/h1-5,8-10H,6-7,11H2. The second-order valence-corrected chi connectivity index (χ2v) is 5.04. The summed E-state index contributed by atoms with van der Waals surface area (Å²) in [5, 5.41) is 4.88. The number of hydrogen-bond donors (Lipinski definition) is 0. The van der Waals surface area contributed by atoms with Gasteiger partial charge in [-0.2, -0.15) is 0 Å². The number of benzene rings is 2. The molecule has 0 spiro atoms. The third-order valence-corrected chi connectivity index (χ3v) is 3.70. The topological polar surface area (TPSA) is 47.6 Å². The fourth-order valence-corrected chi connectivity index (χ4v) is 2.65. The molecular weight excluding hydrogens is 264 g/mol. The summed E-state index contributed by atoms with van der Waals surface area (Å²) >= 11 is 0. The molecule has 4 heteroatoms. The summed E-state index contributed by atoms with van der Waals surface area (Å²) in [5.41, 5.74) is 3.21. The van der Waals surface area contributed by atoms with Crippen molar-refractivity contribution in [2.24, 2.45) is 4.99 Å².